The first-order chi connectivity index (χ1) is 26.3. The lowest BCUT2D eigenvalue weighted by atomic mass is 9.80. The standard InChI is InChI=1S/C9H12BNO3.C6H8N2O2.5C2H2O4.C2H4O2/c1-2-9(12)11-8-5-3-4-7(6-8)10(13)14;7-5-2-1-3-6(4-5)8(9)10;5*3-1(4)2(5)6;1-2(3)4/h3-6,13-14H,2H2,1H3,(H,11,12);1-4,9-10H,7H2;5*(H,3,4)(H,5,6);1H3,(H,3,4). The summed E-state index contributed by atoms with van der Waals surface area (Å²) >= 11 is 0. The number of aliphatic carboxylic acids is 11. The lowest BCUT2D eigenvalue weighted by Gasteiger charge is -2.06. The Labute approximate surface area is 320 Å². The van der Waals surface area contributed by atoms with E-state index in [4.69, 9.17) is 135 Å². The van der Waals surface area contributed by atoms with E-state index in [1.807, 2.05) is 0 Å². The predicted octanol–water partition coefficient (Wildman–Crippen LogP) is -3.56. The summed E-state index contributed by atoms with van der Waals surface area (Å²) in [6, 6.07) is 12.7. The number of nitrogen functional groups attached to an aromatic ring is 1. The van der Waals surface area contributed by atoms with Gasteiger partial charge in [-0.2, -0.15) is 0 Å². The molecule has 0 saturated heterocycles. The molecule has 1 amide bonds. The largest absolute Gasteiger partial charge is 0.488 e. The van der Waals surface area contributed by atoms with Crippen LogP contribution in [0.5, 0.6) is 0 Å². The van der Waals surface area contributed by atoms with E-state index < -0.39 is 72.8 Å². The SMILES string of the molecule is CC(=O)O.CCC(=O)Nc1cccc(B(O)O)c1.Nc1cccc(N(O)O)c1.O=C(O)C(=O)O.O=C(O)C(=O)O.O=C(O)C(=O)O.O=C(O)C(=O)O.O=C(O)C(=O)O. The number of rotatable bonds is 4. The number of carboxylic acids is 11. The molecule has 31 heteroatoms. The van der Waals surface area contributed by atoms with Crippen molar-refractivity contribution >= 4 is 101 Å². The second-order valence-corrected chi connectivity index (χ2v) is 8.36. The lowest BCUT2D eigenvalue weighted by Crippen LogP contribution is -2.30. The van der Waals surface area contributed by atoms with Crippen molar-refractivity contribution in [3.05, 3.63) is 48.5 Å². The van der Waals surface area contributed by atoms with Gasteiger partial charge >= 0.3 is 66.8 Å². The summed E-state index contributed by atoms with van der Waals surface area (Å²) < 4.78 is 0. The van der Waals surface area contributed by atoms with Gasteiger partial charge < -0.3 is 77.3 Å². The van der Waals surface area contributed by atoms with Crippen LogP contribution in [0.3, 0.4) is 0 Å². The average Bonchev–Trinajstić information content (AvgIpc) is 3.09. The molecule has 0 atom stereocenters. The van der Waals surface area contributed by atoms with Crippen LogP contribution in [0.4, 0.5) is 17.1 Å². The van der Waals surface area contributed by atoms with E-state index in [0.717, 1.165) is 6.92 Å². The molecule has 0 aromatic heterocycles. The van der Waals surface area contributed by atoms with E-state index in [2.05, 4.69) is 5.32 Å². The minimum atomic E-state index is -1.82. The fourth-order valence-electron chi connectivity index (χ4n) is 1.68. The van der Waals surface area contributed by atoms with Crippen LogP contribution >= 0.6 is 0 Å². The average molecular weight is 843 g/mol. The maximum absolute atomic E-state index is 11.0. The summed E-state index contributed by atoms with van der Waals surface area (Å²) in [5.74, 6) is -19.2. The predicted molar refractivity (Wildman–Crippen MR) is 182 cm³/mol. The number of nitrogens with two attached hydrogens (primary N) is 1. The van der Waals surface area contributed by atoms with Gasteiger partial charge in [-0.25, -0.2) is 47.9 Å². The number of anilines is 3. The van der Waals surface area contributed by atoms with Gasteiger partial charge in [0.25, 0.3) is 5.97 Å². The fraction of sp³-hybridized carbons (Fsp3) is 0.111. The van der Waals surface area contributed by atoms with Gasteiger partial charge in [-0.05, 0) is 35.8 Å². The van der Waals surface area contributed by atoms with Crippen molar-refractivity contribution in [1.82, 2.24) is 0 Å². The van der Waals surface area contributed by atoms with E-state index in [-0.39, 0.29) is 16.8 Å². The number of carbonyl (C=O) groups excluding carboxylic acids is 1. The van der Waals surface area contributed by atoms with Crippen LogP contribution in [0.25, 0.3) is 0 Å². The van der Waals surface area contributed by atoms with Crippen LogP contribution in [0.2, 0.25) is 0 Å². The van der Waals surface area contributed by atoms with Crippen LogP contribution < -0.4 is 21.7 Å². The van der Waals surface area contributed by atoms with Gasteiger partial charge in [0.1, 0.15) is 0 Å². The maximum atomic E-state index is 11.0. The summed E-state index contributed by atoms with van der Waals surface area (Å²) in [6.07, 6.45) is 0.395. The Morgan fingerprint density at radius 2 is 0.845 bits per heavy atom. The normalized spacial score (nSPS) is 8.17. The van der Waals surface area contributed by atoms with Crippen molar-refractivity contribution in [3.63, 3.8) is 0 Å². The first kappa shape index (κ1) is 61.6. The zero-order chi connectivity index (χ0) is 47.5. The Morgan fingerprint density at radius 1 is 0.552 bits per heavy atom. The van der Waals surface area contributed by atoms with Crippen LogP contribution in [0, 0.1) is 0 Å². The zero-order valence-corrected chi connectivity index (χ0v) is 29.0. The number of amides is 1. The molecule has 0 aliphatic rings. The summed E-state index contributed by atoms with van der Waals surface area (Å²) in [5, 5.41) is 119. The summed E-state index contributed by atoms with van der Waals surface area (Å²) in [7, 11) is -1.51. The second kappa shape index (κ2) is 35.6. The highest BCUT2D eigenvalue weighted by Crippen LogP contribution is 2.13. The van der Waals surface area contributed by atoms with Crippen molar-refractivity contribution in [2.45, 2.75) is 20.3 Å². The molecule has 0 saturated carbocycles. The maximum Gasteiger partial charge on any atom is 0.488 e. The van der Waals surface area contributed by atoms with Gasteiger partial charge in [-0.1, -0.05) is 25.1 Å². The molecule has 0 fully saturated rings. The number of nitrogens with zero attached hydrogens (tertiary/aromatic N) is 1. The molecule has 0 aliphatic heterocycles. The Kier molecular flexibility index (Phi) is 37.8. The number of benzene rings is 2. The van der Waals surface area contributed by atoms with Crippen molar-refractivity contribution < 1.29 is 134 Å². The van der Waals surface area contributed by atoms with Crippen LogP contribution in [-0.4, -0.2) is 155 Å². The first-order valence-corrected chi connectivity index (χ1v) is 13.6. The highest BCUT2D eigenvalue weighted by atomic mass is 16.8. The van der Waals surface area contributed by atoms with E-state index in [1.54, 1.807) is 37.3 Å². The van der Waals surface area contributed by atoms with Gasteiger partial charge in [0.05, 0.1) is 5.69 Å². The Bertz CT molecular complexity index is 1510. The monoisotopic (exact) mass is 843 g/mol. The summed E-state index contributed by atoms with van der Waals surface area (Å²) in [4.78, 5) is 111. The molecule has 0 aliphatic carbocycles. The van der Waals surface area contributed by atoms with Gasteiger partial charge in [0.15, 0.2) is 0 Å². The van der Waals surface area contributed by atoms with Gasteiger partial charge in [0, 0.05) is 24.7 Å². The molecule has 58 heavy (non-hydrogen) atoms. The molecular weight excluding hydrogens is 809 g/mol. The van der Waals surface area contributed by atoms with Crippen molar-refractivity contribution in [3.8, 4) is 0 Å². The molecule has 2 aromatic rings. The molecule has 0 unspecified atom stereocenters. The van der Waals surface area contributed by atoms with Crippen LogP contribution in [0.15, 0.2) is 48.5 Å². The minimum Gasteiger partial charge on any atom is -0.481 e. The Morgan fingerprint density at radius 3 is 1.05 bits per heavy atom. The molecule has 0 spiro atoms. The van der Waals surface area contributed by atoms with E-state index in [9.17, 15) is 4.79 Å². The van der Waals surface area contributed by atoms with Crippen molar-refractivity contribution in [2.75, 3.05) is 16.3 Å². The van der Waals surface area contributed by atoms with Crippen molar-refractivity contribution in [2.24, 2.45) is 0 Å². The Hall–Kier alpha value is -8.42. The number of hydrogen-bond donors (Lipinski definition) is 17. The molecule has 0 radical (unpaired) electrons. The third kappa shape index (κ3) is 49.7. The molecule has 30 nitrogen and oxygen atoms in total. The van der Waals surface area contributed by atoms with Gasteiger partial charge in [0.2, 0.25) is 5.91 Å². The number of carbonyl (C=O) groups is 12. The Balaban J connectivity index is -0.000000138. The topological polar surface area (TPSA) is 550 Å². The molecule has 0 heterocycles. The molecule has 2 rings (SSSR count). The number of carboxylic acid groups (broad SMARTS) is 11. The molecule has 18 N–H and O–H groups in total. The van der Waals surface area contributed by atoms with Gasteiger partial charge in [-0.3, -0.25) is 20.0 Å². The van der Waals surface area contributed by atoms with Crippen LogP contribution in [0.1, 0.15) is 20.3 Å². The minimum absolute atomic E-state index is 0.0242. The highest BCUT2D eigenvalue weighted by molar-refractivity contribution is 6.58. The summed E-state index contributed by atoms with van der Waals surface area (Å²) in [5.41, 5.74) is 7.02. The fourth-order valence-corrected chi connectivity index (χ4v) is 1.68. The molecule has 322 valence electrons. The third-order valence-corrected chi connectivity index (χ3v) is 3.81. The molecular formula is C27H34BN3O27. The lowest BCUT2D eigenvalue weighted by molar-refractivity contribution is -0.159. The van der Waals surface area contributed by atoms with Crippen LogP contribution in [-0.2, 0) is 57.5 Å². The zero-order valence-electron chi connectivity index (χ0n) is 29.0. The third-order valence-electron chi connectivity index (χ3n) is 3.81. The smallest absolute Gasteiger partial charge is 0.481 e. The first-order valence-electron chi connectivity index (χ1n) is 13.6. The van der Waals surface area contributed by atoms with E-state index >= 15 is 0 Å². The molecule has 0 bridgehead atoms. The van der Waals surface area contributed by atoms with Gasteiger partial charge in [-0.15, -0.1) is 5.23 Å². The number of nitrogens with one attached hydrogen (secondary N) is 1. The quantitative estimate of drug-likeness (QED) is 0.0613. The van der Waals surface area contributed by atoms with E-state index in [0.29, 0.717) is 23.3 Å². The number of hydrogen-bond acceptors (Lipinski definition) is 18. The summed E-state index contributed by atoms with van der Waals surface area (Å²) in [6.45, 7) is 2.83. The van der Waals surface area contributed by atoms with E-state index in [1.165, 1.54) is 18.2 Å². The molecule has 2 aromatic carbocycles. The van der Waals surface area contributed by atoms with Crippen molar-refractivity contribution in [1.29, 1.82) is 0 Å². The second-order valence-electron chi connectivity index (χ2n) is 8.36. The highest BCUT2D eigenvalue weighted by Gasteiger charge is 2.11.